The maximum absolute atomic E-state index is 6.51. The summed E-state index contributed by atoms with van der Waals surface area (Å²) in [4.78, 5) is 0. The molecular weight excluding hydrogens is 194 g/mol. The molecular formula is C15H23N. The van der Waals surface area contributed by atoms with Crippen LogP contribution in [0.3, 0.4) is 0 Å². The van der Waals surface area contributed by atoms with Crippen molar-refractivity contribution in [3.8, 4) is 0 Å². The van der Waals surface area contributed by atoms with Gasteiger partial charge in [0.15, 0.2) is 0 Å². The molecule has 1 aromatic rings. The molecule has 0 aromatic heterocycles. The summed E-state index contributed by atoms with van der Waals surface area (Å²) < 4.78 is 0. The van der Waals surface area contributed by atoms with Gasteiger partial charge in [-0.2, -0.15) is 0 Å². The third-order valence-corrected chi connectivity index (χ3v) is 3.90. The van der Waals surface area contributed by atoms with E-state index in [0.717, 1.165) is 12.8 Å². The van der Waals surface area contributed by atoms with E-state index in [4.69, 9.17) is 5.73 Å². The number of rotatable bonds is 2. The highest BCUT2D eigenvalue weighted by Crippen LogP contribution is 2.35. The van der Waals surface area contributed by atoms with Crippen molar-refractivity contribution < 1.29 is 0 Å². The molecule has 0 spiro atoms. The number of nitrogens with two attached hydrogens (primary N) is 1. The Morgan fingerprint density at radius 2 is 1.56 bits per heavy atom. The second kappa shape index (κ2) is 4.58. The van der Waals surface area contributed by atoms with Gasteiger partial charge in [0.2, 0.25) is 0 Å². The summed E-state index contributed by atoms with van der Waals surface area (Å²) in [5.41, 5.74) is 9.19. The molecule has 16 heavy (non-hydrogen) atoms. The van der Waals surface area contributed by atoms with Crippen LogP contribution in [-0.4, -0.2) is 0 Å². The summed E-state index contributed by atoms with van der Waals surface area (Å²) in [6.07, 6.45) is 6.20. The normalized spacial score (nSPS) is 20.0. The highest BCUT2D eigenvalue weighted by atomic mass is 14.7. The van der Waals surface area contributed by atoms with E-state index in [1.807, 2.05) is 0 Å². The van der Waals surface area contributed by atoms with Gasteiger partial charge in [0.25, 0.3) is 0 Å². The first-order valence-corrected chi connectivity index (χ1v) is 6.51. The zero-order valence-corrected chi connectivity index (χ0v) is 10.5. The first-order chi connectivity index (χ1) is 7.62. The monoisotopic (exact) mass is 217 g/mol. The maximum atomic E-state index is 6.51. The molecule has 0 amide bonds. The van der Waals surface area contributed by atoms with Gasteiger partial charge in [0, 0.05) is 5.54 Å². The zero-order valence-electron chi connectivity index (χ0n) is 10.5. The molecule has 88 valence electrons. The Bertz CT molecular complexity index is 331. The Hall–Kier alpha value is -0.820. The standard InChI is InChI=1S/C15H23N/c1-12(2)13-6-8-14(9-7-13)15(16)10-4-3-5-11-15/h6-9,12H,3-5,10-11,16H2,1-2H3. The van der Waals surface area contributed by atoms with Crippen LogP contribution < -0.4 is 5.73 Å². The molecule has 0 saturated heterocycles. The van der Waals surface area contributed by atoms with Gasteiger partial charge in [0.05, 0.1) is 0 Å². The molecule has 0 bridgehead atoms. The lowest BCUT2D eigenvalue weighted by Gasteiger charge is -2.34. The molecule has 1 fully saturated rings. The molecule has 1 aliphatic rings. The Labute approximate surface area is 99.0 Å². The van der Waals surface area contributed by atoms with Crippen LogP contribution in [0.25, 0.3) is 0 Å². The summed E-state index contributed by atoms with van der Waals surface area (Å²) >= 11 is 0. The SMILES string of the molecule is CC(C)c1ccc(C2(N)CCCCC2)cc1. The van der Waals surface area contributed by atoms with Crippen LogP contribution >= 0.6 is 0 Å². The molecule has 1 nitrogen and oxygen atoms in total. The van der Waals surface area contributed by atoms with E-state index in [0.29, 0.717) is 5.92 Å². The lowest BCUT2D eigenvalue weighted by atomic mass is 9.77. The first kappa shape index (κ1) is 11.7. The summed E-state index contributed by atoms with van der Waals surface area (Å²) in [6, 6.07) is 8.95. The average Bonchev–Trinajstić information content (AvgIpc) is 2.30. The van der Waals surface area contributed by atoms with Crippen molar-refractivity contribution in [2.45, 2.75) is 57.4 Å². The van der Waals surface area contributed by atoms with E-state index in [1.165, 1.54) is 30.4 Å². The molecule has 1 heteroatoms. The molecule has 2 rings (SSSR count). The smallest absolute Gasteiger partial charge is 0.0409 e. The molecule has 1 saturated carbocycles. The highest BCUT2D eigenvalue weighted by molar-refractivity contribution is 5.30. The van der Waals surface area contributed by atoms with Crippen molar-refractivity contribution in [3.63, 3.8) is 0 Å². The van der Waals surface area contributed by atoms with E-state index >= 15 is 0 Å². The van der Waals surface area contributed by atoms with Gasteiger partial charge in [-0.15, -0.1) is 0 Å². The Morgan fingerprint density at radius 1 is 1.00 bits per heavy atom. The van der Waals surface area contributed by atoms with E-state index in [1.54, 1.807) is 0 Å². The lowest BCUT2D eigenvalue weighted by Crippen LogP contribution is -2.38. The molecule has 0 aliphatic heterocycles. The molecule has 2 N–H and O–H groups in total. The van der Waals surface area contributed by atoms with Crippen LogP contribution in [0.4, 0.5) is 0 Å². The minimum Gasteiger partial charge on any atom is -0.321 e. The minimum atomic E-state index is -0.0479. The van der Waals surface area contributed by atoms with Gasteiger partial charge < -0.3 is 5.73 Å². The van der Waals surface area contributed by atoms with Gasteiger partial charge in [-0.05, 0) is 29.9 Å². The van der Waals surface area contributed by atoms with Crippen molar-refractivity contribution in [2.24, 2.45) is 5.73 Å². The minimum absolute atomic E-state index is 0.0479. The van der Waals surface area contributed by atoms with Crippen LogP contribution in [-0.2, 0) is 5.54 Å². The number of benzene rings is 1. The molecule has 1 aromatic carbocycles. The summed E-state index contributed by atoms with van der Waals surface area (Å²) in [7, 11) is 0. The second-order valence-electron chi connectivity index (χ2n) is 5.49. The fourth-order valence-electron chi connectivity index (χ4n) is 2.67. The van der Waals surface area contributed by atoms with Crippen LogP contribution in [0.5, 0.6) is 0 Å². The molecule has 0 unspecified atom stereocenters. The highest BCUT2D eigenvalue weighted by Gasteiger charge is 2.28. The molecule has 0 radical (unpaired) electrons. The second-order valence-corrected chi connectivity index (χ2v) is 5.49. The fourth-order valence-corrected chi connectivity index (χ4v) is 2.67. The predicted molar refractivity (Wildman–Crippen MR) is 69.5 cm³/mol. The van der Waals surface area contributed by atoms with Crippen molar-refractivity contribution >= 4 is 0 Å². The molecule has 0 atom stereocenters. The third-order valence-electron chi connectivity index (χ3n) is 3.90. The van der Waals surface area contributed by atoms with E-state index in [9.17, 15) is 0 Å². The van der Waals surface area contributed by atoms with Crippen molar-refractivity contribution in [2.75, 3.05) is 0 Å². The Morgan fingerprint density at radius 3 is 2.06 bits per heavy atom. The van der Waals surface area contributed by atoms with Crippen molar-refractivity contribution in [3.05, 3.63) is 35.4 Å². The summed E-state index contributed by atoms with van der Waals surface area (Å²) in [5, 5.41) is 0. The van der Waals surface area contributed by atoms with Gasteiger partial charge in [0.1, 0.15) is 0 Å². The van der Waals surface area contributed by atoms with Gasteiger partial charge in [-0.3, -0.25) is 0 Å². The first-order valence-electron chi connectivity index (χ1n) is 6.51. The van der Waals surface area contributed by atoms with Crippen LogP contribution in [0.15, 0.2) is 24.3 Å². The van der Waals surface area contributed by atoms with E-state index in [2.05, 4.69) is 38.1 Å². The Balaban J connectivity index is 2.20. The van der Waals surface area contributed by atoms with Crippen LogP contribution in [0.2, 0.25) is 0 Å². The molecule has 0 heterocycles. The largest absolute Gasteiger partial charge is 0.321 e. The third kappa shape index (κ3) is 2.30. The van der Waals surface area contributed by atoms with Crippen LogP contribution in [0, 0.1) is 0 Å². The van der Waals surface area contributed by atoms with Crippen LogP contribution in [0.1, 0.15) is 63.0 Å². The van der Waals surface area contributed by atoms with Gasteiger partial charge in [-0.25, -0.2) is 0 Å². The Kier molecular flexibility index (Phi) is 3.34. The fraction of sp³-hybridized carbons (Fsp3) is 0.600. The number of hydrogen-bond acceptors (Lipinski definition) is 1. The van der Waals surface area contributed by atoms with Crippen molar-refractivity contribution in [1.82, 2.24) is 0 Å². The maximum Gasteiger partial charge on any atom is 0.0409 e. The predicted octanol–water partition coefficient (Wildman–Crippen LogP) is 3.93. The zero-order chi connectivity index (χ0) is 11.6. The number of hydrogen-bond donors (Lipinski definition) is 1. The van der Waals surface area contributed by atoms with E-state index in [-0.39, 0.29) is 5.54 Å². The quantitative estimate of drug-likeness (QED) is 0.798. The molecule has 1 aliphatic carbocycles. The average molecular weight is 217 g/mol. The van der Waals surface area contributed by atoms with Crippen molar-refractivity contribution in [1.29, 1.82) is 0 Å². The summed E-state index contributed by atoms with van der Waals surface area (Å²) in [6.45, 7) is 4.46. The van der Waals surface area contributed by atoms with E-state index < -0.39 is 0 Å². The van der Waals surface area contributed by atoms with Gasteiger partial charge in [-0.1, -0.05) is 57.4 Å². The summed E-state index contributed by atoms with van der Waals surface area (Å²) in [5.74, 6) is 0.606. The lowest BCUT2D eigenvalue weighted by molar-refractivity contribution is 0.302. The van der Waals surface area contributed by atoms with Gasteiger partial charge >= 0.3 is 0 Å². The topological polar surface area (TPSA) is 26.0 Å².